The zero-order chi connectivity index (χ0) is 23.6. The Morgan fingerprint density at radius 3 is 2.70 bits per heavy atom. The van der Waals surface area contributed by atoms with E-state index < -0.39 is 22.1 Å². The van der Waals surface area contributed by atoms with Crippen molar-refractivity contribution in [1.29, 1.82) is 0 Å². The first-order valence-corrected chi connectivity index (χ1v) is 13.2. The molecule has 2 aliphatic rings. The molecule has 1 aromatic heterocycles. The summed E-state index contributed by atoms with van der Waals surface area (Å²) >= 11 is 1.06. The van der Waals surface area contributed by atoms with E-state index in [4.69, 9.17) is 9.47 Å². The molecule has 2 aromatic rings. The SMILES string of the molecule is COC(=O)c1c(S(=O)(=O)N(C)CCc2ccccc2)sc2c1CCN(C(=O)[C@@H]1CCCO1)C2. The number of hydrogen-bond donors (Lipinski definition) is 0. The van der Waals surface area contributed by atoms with Crippen molar-refractivity contribution in [2.24, 2.45) is 0 Å². The maximum absolute atomic E-state index is 13.5. The summed E-state index contributed by atoms with van der Waals surface area (Å²) in [5.41, 5.74) is 1.80. The first-order valence-electron chi connectivity index (χ1n) is 11.0. The van der Waals surface area contributed by atoms with Gasteiger partial charge in [-0.3, -0.25) is 4.79 Å². The number of carbonyl (C=O) groups is 2. The number of ether oxygens (including phenoxy) is 2. The molecular formula is C23H28N2O6S2. The standard InChI is InChI=1S/C23H28N2O6S2/c1-24(12-10-16-7-4-3-5-8-16)33(28,29)23-20(22(27)30-2)17-11-13-25(15-19(17)32-23)21(26)18-9-6-14-31-18/h3-5,7-8,18H,6,9-15H2,1-2H3/t18-/m0/s1. The maximum atomic E-state index is 13.5. The van der Waals surface area contributed by atoms with Crippen LogP contribution in [0.15, 0.2) is 34.5 Å². The first kappa shape index (κ1) is 23.9. The molecule has 1 amide bonds. The van der Waals surface area contributed by atoms with Gasteiger partial charge in [-0.25, -0.2) is 13.2 Å². The minimum absolute atomic E-state index is 0.0127. The summed E-state index contributed by atoms with van der Waals surface area (Å²) in [6.45, 7) is 1.54. The number of esters is 1. The molecule has 3 heterocycles. The van der Waals surface area contributed by atoms with E-state index in [0.717, 1.165) is 23.3 Å². The molecule has 1 saturated heterocycles. The van der Waals surface area contributed by atoms with Gasteiger partial charge in [0.15, 0.2) is 0 Å². The molecule has 1 atom stereocenters. The summed E-state index contributed by atoms with van der Waals surface area (Å²) in [6, 6.07) is 9.63. The highest BCUT2D eigenvalue weighted by molar-refractivity contribution is 7.91. The van der Waals surface area contributed by atoms with Gasteiger partial charge in [-0.05, 0) is 36.8 Å². The molecule has 0 aliphatic carbocycles. The molecule has 8 nitrogen and oxygen atoms in total. The molecule has 2 aliphatic heterocycles. The predicted octanol–water partition coefficient (Wildman–Crippen LogP) is 2.46. The fraction of sp³-hybridized carbons (Fsp3) is 0.478. The number of methoxy groups -OCH3 is 1. The fourth-order valence-electron chi connectivity index (χ4n) is 4.23. The third kappa shape index (κ3) is 4.84. The number of likely N-dealkylation sites (N-methyl/N-ethyl adjacent to an activating group) is 1. The third-order valence-corrected chi connectivity index (χ3v) is 9.70. The number of fused-ring (bicyclic) bond motifs is 1. The Morgan fingerprint density at radius 2 is 2.03 bits per heavy atom. The van der Waals surface area contributed by atoms with Crippen LogP contribution in [-0.2, 0) is 43.7 Å². The van der Waals surface area contributed by atoms with Crippen molar-refractivity contribution < 1.29 is 27.5 Å². The van der Waals surface area contributed by atoms with Crippen molar-refractivity contribution in [3.05, 3.63) is 51.9 Å². The average Bonchev–Trinajstić information content (AvgIpc) is 3.50. The monoisotopic (exact) mass is 492 g/mol. The normalized spacial score (nSPS) is 18.4. The number of amides is 1. The molecule has 4 rings (SSSR count). The van der Waals surface area contributed by atoms with Gasteiger partial charge in [0.1, 0.15) is 10.3 Å². The summed E-state index contributed by atoms with van der Waals surface area (Å²) in [5.74, 6) is -0.739. The highest BCUT2D eigenvalue weighted by atomic mass is 32.2. The molecule has 0 unspecified atom stereocenters. The van der Waals surface area contributed by atoms with E-state index in [1.807, 2.05) is 30.3 Å². The smallest absolute Gasteiger partial charge is 0.340 e. The van der Waals surface area contributed by atoms with Crippen LogP contribution >= 0.6 is 11.3 Å². The number of benzene rings is 1. The molecule has 0 radical (unpaired) electrons. The predicted molar refractivity (Wildman–Crippen MR) is 124 cm³/mol. The van der Waals surface area contributed by atoms with Crippen LogP contribution in [0.5, 0.6) is 0 Å². The number of rotatable bonds is 7. The second-order valence-corrected chi connectivity index (χ2v) is 11.6. The largest absolute Gasteiger partial charge is 0.465 e. The number of nitrogens with zero attached hydrogens (tertiary/aromatic N) is 2. The van der Waals surface area contributed by atoms with Crippen LogP contribution in [0, 0.1) is 0 Å². The van der Waals surface area contributed by atoms with Gasteiger partial charge >= 0.3 is 5.97 Å². The van der Waals surface area contributed by atoms with Crippen LogP contribution in [0.3, 0.4) is 0 Å². The van der Waals surface area contributed by atoms with Gasteiger partial charge in [0.2, 0.25) is 0 Å². The number of hydrogen-bond acceptors (Lipinski definition) is 7. The zero-order valence-corrected chi connectivity index (χ0v) is 20.4. The first-order chi connectivity index (χ1) is 15.8. The minimum atomic E-state index is -3.92. The molecule has 178 valence electrons. The lowest BCUT2D eigenvalue weighted by Crippen LogP contribution is -2.41. The van der Waals surface area contributed by atoms with Crippen LogP contribution in [0.4, 0.5) is 0 Å². The van der Waals surface area contributed by atoms with Crippen molar-refractivity contribution >= 4 is 33.2 Å². The Labute approximate surface area is 198 Å². The third-order valence-electron chi connectivity index (χ3n) is 6.13. The molecule has 0 bridgehead atoms. The number of carbonyl (C=O) groups excluding carboxylic acids is 2. The maximum Gasteiger partial charge on any atom is 0.340 e. The van der Waals surface area contributed by atoms with E-state index in [9.17, 15) is 18.0 Å². The van der Waals surface area contributed by atoms with Crippen LogP contribution in [0.2, 0.25) is 0 Å². The lowest BCUT2D eigenvalue weighted by molar-refractivity contribution is -0.141. The van der Waals surface area contributed by atoms with E-state index in [0.29, 0.717) is 42.9 Å². The van der Waals surface area contributed by atoms with Gasteiger partial charge in [-0.2, -0.15) is 4.31 Å². The Hall–Kier alpha value is -2.27. The van der Waals surface area contributed by atoms with Gasteiger partial charge in [-0.1, -0.05) is 30.3 Å². The van der Waals surface area contributed by atoms with Crippen molar-refractivity contribution in [3.63, 3.8) is 0 Å². The van der Waals surface area contributed by atoms with Crippen LogP contribution in [0.25, 0.3) is 0 Å². The molecule has 0 N–H and O–H groups in total. The van der Waals surface area contributed by atoms with Gasteiger partial charge in [-0.15, -0.1) is 11.3 Å². The fourth-order valence-corrected chi connectivity index (χ4v) is 7.49. The molecule has 0 spiro atoms. The highest BCUT2D eigenvalue weighted by Crippen LogP contribution is 2.38. The summed E-state index contributed by atoms with van der Waals surface area (Å²) in [7, 11) is -1.15. The topological polar surface area (TPSA) is 93.2 Å². The molecule has 10 heteroatoms. The second-order valence-electron chi connectivity index (χ2n) is 8.23. The lowest BCUT2D eigenvalue weighted by Gasteiger charge is -2.29. The summed E-state index contributed by atoms with van der Waals surface area (Å²) in [6.07, 6.45) is 2.08. The lowest BCUT2D eigenvalue weighted by atomic mass is 10.0. The molecule has 0 saturated carbocycles. The van der Waals surface area contributed by atoms with E-state index in [1.165, 1.54) is 18.5 Å². The van der Waals surface area contributed by atoms with Gasteiger partial charge in [0.05, 0.1) is 19.2 Å². The quantitative estimate of drug-likeness (QED) is 0.552. The van der Waals surface area contributed by atoms with E-state index >= 15 is 0 Å². The summed E-state index contributed by atoms with van der Waals surface area (Å²) in [5, 5.41) is 0. The van der Waals surface area contributed by atoms with Crippen molar-refractivity contribution in [1.82, 2.24) is 9.21 Å². The highest BCUT2D eigenvalue weighted by Gasteiger charge is 2.38. The van der Waals surface area contributed by atoms with E-state index in [1.54, 1.807) is 4.90 Å². The van der Waals surface area contributed by atoms with Crippen LogP contribution in [0.1, 0.15) is 39.2 Å². The Morgan fingerprint density at radius 1 is 1.27 bits per heavy atom. The van der Waals surface area contributed by atoms with E-state index in [2.05, 4.69) is 0 Å². The molecule has 1 aromatic carbocycles. The molecule has 33 heavy (non-hydrogen) atoms. The van der Waals surface area contributed by atoms with Crippen molar-refractivity contribution in [2.75, 3.05) is 33.9 Å². The van der Waals surface area contributed by atoms with E-state index in [-0.39, 0.29) is 28.8 Å². The molecule has 1 fully saturated rings. The summed E-state index contributed by atoms with van der Waals surface area (Å²) in [4.78, 5) is 27.9. The minimum Gasteiger partial charge on any atom is -0.465 e. The van der Waals surface area contributed by atoms with Gasteiger partial charge < -0.3 is 14.4 Å². The van der Waals surface area contributed by atoms with Gasteiger partial charge in [0.25, 0.3) is 15.9 Å². The average molecular weight is 493 g/mol. The van der Waals surface area contributed by atoms with Crippen molar-refractivity contribution in [2.45, 2.75) is 42.5 Å². The summed E-state index contributed by atoms with van der Waals surface area (Å²) < 4.78 is 38.7. The Bertz CT molecular complexity index is 1120. The van der Waals surface area contributed by atoms with Crippen LogP contribution < -0.4 is 0 Å². The van der Waals surface area contributed by atoms with Crippen molar-refractivity contribution in [3.8, 4) is 0 Å². The van der Waals surface area contributed by atoms with Gasteiger partial charge in [0, 0.05) is 31.6 Å². The number of sulfonamides is 1. The Kier molecular flexibility index (Phi) is 7.18. The Balaban J connectivity index is 1.60. The zero-order valence-electron chi connectivity index (χ0n) is 18.8. The molecular weight excluding hydrogens is 464 g/mol. The number of thiophene rings is 1. The second kappa shape index (κ2) is 9.92. The van der Waals surface area contributed by atoms with Crippen LogP contribution in [-0.4, -0.2) is 69.5 Å².